The molecule has 1 heterocycles. The van der Waals surface area contributed by atoms with Crippen LogP contribution in [0.5, 0.6) is 5.75 Å². The summed E-state index contributed by atoms with van der Waals surface area (Å²) in [5.74, 6) is 0.999. The third-order valence-electron chi connectivity index (χ3n) is 5.17. The maximum absolute atomic E-state index is 12.8. The summed E-state index contributed by atoms with van der Waals surface area (Å²) in [7, 11) is 3.67. The van der Waals surface area contributed by atoms with Crippen LogP contribution in [-0.2, 0) is 11.2 Å². The topological polar surface area (TPSA) is 32.8 Å². The van der Waals surface area contributed by atoms with Crippen molar-refractivity contribution in [1.29, 1.82) is 0 Å². The lowest BCUT2D eigenvalue weighted by molar-refractivity contribution is -0.127. The molecule has 1 aliphatic heterocycles. The molecule has 1 fully saturated rings. The highest BCUT2D eigenvalue weighted by Crippen LogP contribution is 2.23. The molecular formula is C24H28N2O2. The molecule has 0 aliphatic carbocycles. The van der Waals surface area contributed by atoms with Gasteiger partial charge in [0.15, 0.2) is 0 Å². The summed E-state index contributed by atoms with van der Waals surface area (Å²) < 4.78 is 5.23. The van der Waals surface area contributed by atoms with E-state index in [2.05, 4.69) is 35.8 Å². The van der Waals surface area contributed by atoms with Crippen molar-refractivity contribution < 1.29 is 9.53 Å². The Morgan fingerprint density at radius 2 is 1.93 bits per heavy atom. The number of methoxy groups -OCH3 is 1. The van der Waals surface area contributed by atoms with Crippen LogP contribution in [0.2, 0.25) is 0 Å². The summed E-state index contributed by atoms with van der Waals surface area (Å²) >= 11 is 0. The van der Waals surface area contributed by atoms with Crippen molar-refractivity contribution >= 4 is 18.1 Å². The number of amides is 1. The molecule has 4 heteroatoms. The molecule has 0 N–H and O–H groups in total. The maximum atomic E-state index is 12.8. The van der Waals surface area contributed by atoms with Crippen LogP contribution in [0.25, 0.3) is 12.2 Å². The fraction of sp³-hybridized carbons (Fsp3) is 0.292. The molecule has 28 heavy (non-hydrogen) atoms. The van der Waals surface area contributed by atoms with Gasteiger partial charge < -0.3 is 9.64 Å². The van der Waals surface area contributed by atoms with E-state index >= 15 is 0 Å². The molecule has 0 radical (unpaired) electrons. The summed E-state index contributed by atoms with van der Waals surface area (Å²) in [6, 6.07) is 16.1. The highest BCUT2D eigenvalue weighted by atomic mass is 16.5. The van der Waals surface area contributed by atoms with Gasteiger partial charge in [-0.15, -0.1) is 0 Å². The van der Waals surface area contributed by atoms with Gasteiger partial charge in [-0.3, -0.25) is 9.69 Å². The Morgan fingerprint density at radius 1 is 1.21 bits per heavy atom. The smallest absolute Gasteiger partial charge is 0.238 e. The van der Waals surface area contributed by atoms with Gasteiger partial charge in [-0.25, -0.2) is 0 Å². The van der Waals surface area contributed by atoms with Gasteiger partial charge in [-0.2, -0.15) is 0 Å². The second-order valence-corrected chi connectivity index (χ2v) is 7.09. The van der Waals surface area contributed by atoms with Crippen LogP contribution in [-0.4, -0.2) is 49.1 Å². The monoisotopic (exact) mass is 376 g/mol. The van der Waals surface area contributed by atoms with Crippen LogP contribution in [0.1, 0.15) is 12.5 Å². The molecule has 3 rings (SSSR count). The van der Waals surface area contributed by atoms with E-state index in [0.717, 1.165) is 28.2 Å². The molecule has 146 valence electrons. The lowest BCUT2D eigenvalue weighted by Crippen LogP contribution is -2.43. The standard InChI is InChI=1S/C24H28N2O2/c1-5-8-22(21-10-7-6-9-18(21)2)24-25(3)17-23(27)26(24)16-15-19-11-13-20(28-4)14-12-19/h5-14,24H,2,15-17H2,1,3-4H3/b8-5-,22-21+. The van der Waals surface area contributed by atoms with Gasteiger partial charge in [0, 0.05) is 6.54 Å². The molecular weight excluding hydrogens is 348 g/mol. The minimum absolute atomic E-state index is 0.0927. The molecule has 0 saturated carbocycles. The van der Waals surface area contributed by atoms with Crippen LogP contribution in [0, 0.1) is 0 Å². The lowest BCUT2D eigenvalue weighted by Gasteiger charge is -2.29. The molecule has 2 aromatic carbocycles. The first-order valence-corrected chi connectivity index (χ1v) is 9.58. The SMILES string of the molecule is C=c1cccc/c1=C(/C=C\C)C1N(C)CC(=O)N1CCc1ccc(OC)cc1. The maximum Gasteiger partial charge on any atom is 0.238 e. The number of hydrogen-bond acceptors (Lipinski definition) is 3. The summed E-state index contributed by atoms with van der Waals surface area (Å²) in [4.78, 5) is 16.8. The van der Waals surface area contributed by atoms with Gasteiger partial charge in [0.1, 0.15) is 11.9 Å². The van der Waals surface area contributed by atoms with Gasteiger partial charge in [-0.05, 0) is 54.1 Å². The number of carbonyl (C=O) groups is 1. The molecule has 4 nitrogen and oxygen atoms in total. The minimum atomic E-state index is -0.0927. The highest BCUT2D eigenvalue weighted by molar-refractivity contribution is 5.84. The van der Waals surface area contributed by atoms with E-state index < -0.39 is 0 Å². The summed E-state index contributed by atoms with van der Waals surface area (Å²) in [5.41, 5.74) is 2.29. The first-order chi connectivity index (χ1) is 13.5. The normalized spacial score (nSPS) is 18.8. The molecule has 1 aliphatic rings. The van der Waals surface area contributed by atoms with E-state index in [1.165, 1.54) is 5.56 Å². The van der Waals surface area contributed by atoms with Gasteiger partial charge in [0.05, 0.1) is 13.7 Å². The van der Waals surface area contributed by atoms with Gasteiger partial charge in [0.25, 0.3) is 0 Å². The number of likely N-dealkylation sites (N-methyl/N-ethyl adjacent to an activating group) is 1. The number of allylic oxidation sites excluding steroid dienone is 1. The average Bonchev–Trinajstić information content (AvgIpc) is 2.98. The molecule has 0 bridgehead atoms. The lowest BCUT2D eigenvalue weighted by atomic mass is 10.1. The number of benzene rings is 2. The Kier molecular flexibility index (Phi) is 6.32. The first-order valence-electron chi connectivity index (χ1n) is 9.58. The van der Waals surface area contributed by atoms with E-state index in [4.69, 9.17) is 4.74 Å². The molecule has 1 saturated heterocycles. The highest BCUT2D eigenvalue weighted by Gasteiger charge is 2.36. The number of ether oxygens (including phenoxy) is 1. The van der Waals surface area contributed by atoms with E-state index in [1.807, 2.05) is 55.3 Å². The second-order valence-electron chi connectivity index (χ2n) is 7.09. The van der Waals surface area contributed by atoms with E-state index in [1.54, 1.807) is 7.11 Å². The number of carbonyl (C=O) groups excluding carboxylic acids is 1. The Labute approximate surface area is 167 Å². The van der Waals surface area contributed by atoms with E-state index in [-0.39, 0.29) is 12.1 Å². The number of rotatable bonds is 6. The third kappa shape index (κ3) is 4.18. The minimum Gasteiger partial charge on any atom is -0.497 e. The molecule has 0 spiro atoms. The summed E-state index contributed by atoms with van der Waals surface area (Å²) in [6.45, 7) is 7.28. The average molecular weight is 377 g/mol. The van der Waals surface area contributed by atoms with Crippen molar-refractivity contribution in [2.45, 2.75) is 19.5 Å². The van der Waals surface area contributed by atoms with Crippen molar-refractivity contribution in [2.24, 2.45) is 0 Å². The molecule has 0 aromatic heterocycles. The Hall–Kier alpha value is -2.85. The molecule has 1 amide bonds. The Morgan fingerprint density at radius 3 is 2.57 bits per heavy atom. The largest absolute Gasteiger partial charge is 0.497 e. The molecule has 1 atom stereocenters. The van der Waals surface area contributed by atoms with Crippen LogP contribution in [0.3, 0.4) is 0 Å². The van der Waals surface area contributed by atoms with Crippen LogP contribution >= 0.6 is 0 Å². The van der Waals surface area contributed by atoms with Gasteiger partial charge >= 0.3 is 0 Å². The number of hydrogen-bond donors (Lipinski definition) is 0. The van der Waals surface area contributed by atoms with Crippen molar-refractivity contribution in [3.05, 3.63) is 76.7 Å². The van der Waals surface area contributed by atoms with E-state index in [9.17, 15) is 4.79 Å². The van der Waals surface area contributed by atoms with Gasteiger partial charge in [0.2, 0.25) is 5.91 Å². The van der Waals surface area contributed by atoms with Crippen LogP contribution in [0.4, 0.5) is 0 Å². The zero-order valence-corrected chi connectivity index (χ0v) is 16.9. The van der Waals surface area contributed by atoms with E-state index in [0.29, 0.717) is 13.1 Å². The van der Waals surface area contributed by atoms with Crippen molar-refractivity contribution in [3.8, 4) is 5.75 Å². The van der Waals surface area contributed by atoms with Crippen molar-refractivity contribution in [3.63, 3.8) is 0 Å². The molecule has 1 unspecified atom stereocenters. The Balaban J connectivity index is 1.93. The first kappa shape index (κ1) is 19.9. The summed E-state index contributed by atoms with van der Waals surface area (Å²) in [6.07, 6.45) is 4.84. The van der Waals surface area contributed by atoms with Crippen molar-refractivity contribution in [2.75, 3.05) is 27.2 Å². The summed E-state index contributed by atoms with van der Waals surface area (Å²) in [5, 5.41) is 2.06. The van der Waals surface area contributed by atoms with Crippen LogP contribution < -0.4 is 15.2 Å². The number of nitrogens with zero attached hydrogens (tertiary/aromatic N) is 2. The third-order valence-corrected chi connectivity index (χ3v) is 5.17. The molecule has 2 aromatic rings. The Bertz CT molecular complexity index is 963. The zero-order chi connectivity index (χ0) is 20.1. The second kappa shape index (κ2) is 8.89. The fourth-order valence-electron chi connectivity index (χ4n) is 3.76. The van der Waals surface area contributed by atoms with Gasteiger partial charge in [-0.1, -0.05) is 55.1 Å². The predicted octanol–water partition coefficient (Wildman–Crippen LogP) is 2.18. The van der Waals surface area contributed by atoms with Crippen molar-refractivity contribution in [1.82, 2.24) is 9.80 Å². The van der Waals surface area contributed by atoms with Crippen LogP contribution in [0.15, 0.2) is 60.7 Å². The fourth-order valence-corrected chi connectivity index (χ4v) is 3.76. The quantitative estimate of drug-likeness (QED) is 0.775. The predicted molar refractivity (Wildman–Crippen MR) is 114 cm³/mol. The zero-order valence-electron chi connectivity index (χ0n) is 16.9.